The van der Waals surface area contributed by atoms with Crippen molar-refractivity contribution in [1.82, 2.24) is 5.32 Å². The first kappa shape index (κ1) is 16.5. The molecule has 0 spiro atoms. The highest BCUT2D eigenvalue weighted by molar-refractivity contribution is 5.95. The molecule has 0 unspecified atom stereocenters. The fourth-order valence-electron chi connectivity index (χ4n) is 2.54. The minimum Gasteiger partial charge on any atom is -0.355 e. The van der Waals surface area contributed by atoms with Gasteiger partial charge in [0.25, 0.3) is 0 Å². The Hall–Kier alpha value is -1.91. The van der Waals surface area contributed by atoms with Crippen molar-refractivity contribution in [1.29, 1.82) is 0 Å². The van der Waals surface area contributed by atoms with E-state index in [1.165, 1.54) is 11.0 Å². The van der Waals surface area contributed by atoms with E-state index in [0.717, 1.165) is 18.4 Å². The topological polar surface area (TPSA) is 49.4 Å². The van der Waals surface area contributed by atoms with E-state index in [4.69, 9.17) is 0 Å². The van der Waals surface area contributed by atoms with Crippen molar-refractivity contribution in [2.75, 3.05) is 18.0 Å². The molecule has 1 aliphatic rings. The summed E-state index contributed by atoms with van der Waals surface area (Å²) < 4.78 is 14.0. The highest BCUT2D eigenvalue weighted by Gasteiger charge is 2.26. The summed E-state index contributed by atoms with van der Waals surface area (Å²) in [6.45, 7) is 6.26. The Morgan fingerprint density at radius 2 is 2.05 bits per heavy atom. The van der Waals surface area contributed by atoms with Crippen LogP contribution in [0.2, 0.25) is 0 Å². The second-order valence-corrected chi connectivity index (χ2v) is 6.65. The fraction of sp³-hybridized carbons (Fsp3) is 0.529. The number of carbonyl (C=O) groups excluding carboxylic acids is 2. The number of aryl methyl sites for hydroxylation is 1. The largest absolute Gasteiger partial charge is 0.355 e. The molecule has 0 aliphatic carbocycles. The molecule has 0 bridgehead atoms. The van der Waals surface area contributed by atoms with Crippen LogP contribution in [0.25, 0.3) is 0 Å². The van der Waals surface area contributed by atoms with E-state index in [2.05, 4.69) is 5.32 Å². The third kappa shape index (κ3) is 3.64. The number of anilines is 1. The number of nitrogens with one attached hydrogen (secondary N) is 1. The summed E-state index contributed by atoms with van der Waals surface area (Å²) in [5.74, 6) is -0.602. The molecule has 0 radical (unpaired) electrons. The van der Waals surface area contributed by atoms with Gasteiger partial charge in [0.05, 0.1) is 5.69 Å². The molecule has 120 valence electrons. The summed E-state index contributed by atoms with van der Waals surface area (Å²) in [4.78, 5) is 25.6. The Bertz CT molecular complexity index is 579. The van der Waals surface area contributed by atoms with Crippen LogP contribution in [0.3, 0.4) is 0 Å². The number of amides is 2. The number of halogens is 1. The quantitative estimate of drug-likeness (QED) is 0.933. The van der Waals surface area contributed by atoms with E-state index in [1.54, 1.807) is 6.07 Å². The summed E-state index contributed by atoms with van der Waals surface area (Å²) >= 11 is 0. The van der Waals surface area contributed by atoms with E-state index in [9.17, 15) is 14.0 Å². The second kappa shape index (κ2) is 6.46. The first-order chi connectivity index (χ1) is 10.3. The number of hydrogen-bond acceptors (Lipinski definition) is 2. The average molecular weight is 306 g/mol. The molecule has 0 atom stereocenters. The summed E-state index contributed by atoms with van der Waals surface area (Å²) in [5.41, 5.74) is 0.798. The molecule has 0 saturated heterocycles. The molecule has 0 aromatic heterocycles. The summed E-state index contributed by atoms with van der Waals surface area (Å²) in [6.07, 6.45) is 1.80. The van der Waals surface area contributed by atoms with Crippen LogP contribution in [0.1, 0.15) is 39.2 Å². The van der Waals surface area contributed by atoms with Crippen molar-refractivity contribution < 1.29 is 14.0 Å². The van der Waals surface area contributed by atoms with Crippen molar-refractivity contribution >= 4 is 17.5 Å². The molecule has 1 aromatic carbocycles. The lowest BCUT2D eigenvalue weighted by Gasteiger charge is -2.30. The number of fused-ring (bicyclic) bond motifs is 1. The standard InChI is InChI=1S/C17H23FN2O2/c1-17(2,3)16(22)19-10-9-14(21)20-11-5-7-12-6-4-8-13(18)15(12)20/h4,6,8H,5,7,9-11H2,1-3H3,(H,19,22). The Morgan fingerprint density at radius 1 is 1.32 bits per heavy atom. The van der Waals surface area contributed by atoms with Gasteiger partial charge in [0.15, 0.2) is 0 Å². The van der Waals surface area contributed by atoms with Crippen molar-refractivity contribution in [2.24, 2.45) is 5.41 Å². The molecule has 22 heavy (non-hydrogen) atoms. The SMILES string of the molecule is CC(C)(C)C(=O)NCCC(=O)N1CCCc2cccc(F)c21. The van der Waals surface area contributed by atoms with Crippen molar-refractivity contribution in [2.45, 2.75) is 40.0 Å². The molecule has 1 heterocycles. The average Bonchev–Trinajstić information content (AvgIpc) is 2.45. The highest BCUT2D eigenvalue weighted by atomic mass is 19.1. The second-order valence-electron chi connectivity index (χ2n) is 6.65. The zero-order valence-electron chi connectivity index (χ0n) is 13.4. The lowest BCUT2D eigenvalue weighted by Crippen LogP contribution is -2.40. The van der Waals surface area contributed by atoms with E-state index in [0.29, 0.717) is 12.2 Å². The third-order valence-corrected chi connectivity index (χ3v) is 3.77. The Labute approximate surface area is 130 Å². The molecule has 1 aliphatic heterocycles. The monoisotopic (exact) mass is 306 g/mol. The van der Waals surface area contributed by atoms with Crippen LogP contribution in [-0.2, 0) is 16.0 Å². The first-order valence-electron chi connectivity index (χ1n) is 7.67. The summed E-state index contributed by atoms with van der Waals surface area (Å²) in [7, 11) is 0. The van der Waals surface area contributed by atoms with Crippen LogP contribution >= 0.6 is 0 Å². The molecule has 0 fully saturated rings. The number of benzene rings is 1. The van der Waals surface area contributed by atoms with Gasteiger partial charge >= 0.3 is 0 Å². The van der Waals surface area contributed by atoms with Crippen LogP contribution < -0.4 is 10.2 Å². The van der Waals surface area contributed by atoms with Crippen molar-refractivity contribution in [3.05, 3.63) is 29.6 Å². The predicted molar refractivity (Wildman–Crippen MR) is 84.2 cm³/mol. The smallest absolute Gasteiger partial charge is 0.228 e. The number of hydrogen-bond donors (Lipinski definition) is 1. The molecule has 5 heteroatoms. The van der Waals surface area contributed by atoms with Crippen molar-refractivity contribution in [3.63, 3.8) is 0 Å². The normalized spacial score (nSPS) is 14.5. The van der Waals surface area contributed by atoms with Gasteiger partial charge in [-0.05, 0) is 24.5 Å². The van der Waals surface area contributed by atoms with Gasteiger partial charge in [0.2, 0.25) is 11.8 Å². The molecule has 1 N–H and O–H groups in total. The summed E-state index contributed by atoms with van der Waals surface area (Å²) in [5, 5.41) is 2.75. The minimum atomic E-state index is -0.479. The maximum atomic E-state index is 14.0. The number of nitrogens with zero attached hydrogens (tertiary/aromatic N) is 1. The van der Waals surface area contributed by atoms with E-state index in [1.807, 2.05) is 26.8 Å². The third-order valence-electron chi connectivity index (χ3n) is 3.77. The molecule has 2 rings (SSSR count). The van der Waals surface area contributed by atoms with Crippen LogP contribution in [0, 0.1) is 11.2 Å². The molecule has 4 nitrogen and oxygen atoms in total. The number of rotatable bonds is 3. The molecule has 1 aromatic rings. The maximum Gasteiger partial charge on any atom is 0.228 e. The maximum absolute atomic E-state index is 14.0. The van der Waals surface area contributed by atoms with Crippen LogP contribution in [0.5, 0.6) is 0 Å². The van der Waals surface area contributed by atoms with E-state index < -0.39 is 5.41 Å². The number of carbonyl (C=O) groups is 2. The van der Waals surface area contributed by atoms with Gasteiger partial charge in [-0.25, -0.2) is 4.39 Å². The number of para-hydroxylation sites is 1. The van der Waals surface area contributed by atoms with Crippen molar-refractivity contribution in [3.8, 4) is 0 Å². The fourth-order valence-corrected chi connectivity index (χ4v) is 2.54. The Morgan fingerprint density at radius 3 is 2.73 bits per heavy atom. The van der Waals surface area contributed by atoms with Crippen LogP contribution in [0.4, 0.5) is 10.1 Å². The lowest BCUT2D eigenvalue weighted by atomic mass is 9.96. The highest BCUT2D eigenvalue weighted by Crippen LogP contribution is 2.30. The summed E-state index contributed by atoms with van der Waals surface area (Å²) in [6, 6.07) is 4.91. The van der Waals surface area contributed by atoms with Gasteiger partial charge in [-0.3, -0.25) is 9.59 Å². The van der Waals surface area contributed by atoms with E-state index in [-0.39, 0.29) is 30.6 Å². The minimum absolute atomic E-state index is 0.0921. The molecule has 0 saturated carbocycles. The Kier molecular flexibility index (Phi) is 4.84. The van der Waals surface area contributed by atoms with Crippen LogP contribution in [-0.4, -0.2) is 24.9 Å². The van der Waals surface area contributed by atoms with E-state index >= 15 is 0 Å². The predicted octanol–water partition coefficient (Wildman–Crippen LogP) is 2.66. The van der Waals surface area contributed by atoms with Gasteiger partial charge in [0.1, 0.15) is 5.82 Å². The first-order valence-corrected chi connectivity index (χ1v) is 7.67. The van der Waals surface area contributed by atoms with Gasteiger partial charge in [-0.2, -0.15) is 0 Å². The van der Waals surface area contributed by atoms with Crippen LogP contribution in [0.15, 0.2) is 18.2 Å². The molecular formula is C17H23FN2O2. The molecule has 2 amide bonds. The Balaban J connectivity index is 1.99. The van der Waals surface area contributed by atoms with Gasteiger partial charge in [-0.15, -0.1) is 0 Å². The van der Waals surface area contributed by atoms with Gasteiger partial charge < -0.3 is 10.2 Å². The lowest BCUT2D eigenvalue weighted by molar-refractivity contribution is -0.128. The van der Waals surface area contributed by atoms with Gasteiger partial charge in [-0.1, -0.05) is 32.9 Å². The van der Waals surface area contributed by atoms with Gasteiger partial charge in [0, 0.05) is 24.9 Å². The zero-order chi connectivity index (χ0) is 16.3. The zero-order valence-corrected chi connectivity index (χ0v) is 13.4. The molecular weight excluding hydrogens is 283 g/mol.